The second kappa shape index (κ2) is 3.15. The van der Waals surface area contributed by atoms with Crippen LogP contribution in [0.4, 0.5) is 5.69 Å². The molecular weight excluding hydrogens is 152 g/mol. The third kappa shape index (κ3) is 1.58. The molecule has 4 nitrogen and oxygen atoms in total. The van der Waals surface area contributed by atoms with E-state index in [4.69, 9.17) is 5.73 Å². The highest BCUT2D eigenvalue weighted by Crippen LogP contribution is 2.10. The van der Waals surface area contributed by atoms with Gasteiger partial charge in [0.25, 0.3) is 0 Å². The molecule has 2 rings (SSSR count). The molecule has 66 valence electrons. The maximum absolute atomic E-state index is 5.55. The summed E-state index contributed by atoms with van der Waals surface area (Å²) in [7, 11) is 0. The third-order valence-corrected chi connectivity index (χ3v) is 2.26. The molecule has 0 bridgehead atoms. The van der Waals surface area contributed by atoms with Gasteiger partial charge in [-0.05, 0) is 25.4 Å². The molecule has 2 heterocycles. The Bertz CT molecular complexity index is 249. The van der Waals surface area contributed by atoms with E-state index >= 15 is 0 Å². The van der Waals surface area contributed by atoms with Gasteiger partial charge in [-0.15, -0.1) is 0 Å². The highest BCUT2D eigenvalue weighted by Gasteiger charge is 2.14. The van der Waals surface area contributed by atoms with Crippen molar-refractivity contribution in [3.63, 3.8) is 0 Å². The quantitative estimate of drug-likeness (QED) is 0.654. The molecular formula is C8H14N4. The summed E-state index contributed by atoms with van der Waals surface area (Å²) in [4.78, 5) is 0. The summed E-state index contributed by atoms with van der Waals surface area (Å²) in [5.74, 6) is 0.726. The number of hydrogen-bond acceptors (Lipinski definition) is 3. The highest BCUT2D eigenvalue weighted by molar-refractivity contribution is 5.30. The minimum Gasteiger partial charge on any atom is -0.396 e. The van der Waals surface area contributed by atoms with E-state index in [2.05, 4.69) is 10.4 Å². The van der Waals surface area contributed by atoms with Crippen LogP contribution in [0, 0.1) is 5.92 Å². The van der Waals surface area contributed by atoms with Gasteiger partial charge in [0.1, 0.15) is 0 Å². The Morgan fingerprint density at radius 1 is 1.75 bits per heavy atom. The lowest BCUT2D eigenvalue weighted by Gasteiger charge is -2.06. The molecule has 0 aromatic carbocycles. The van der Waals surface area contributed by atoms with E-state index in [-0.39, 0.29) is 0 Å². The van der Waals surface area contributed by atoms with Gasteiger partial charge in [0.15, 0.2) is 0 Å². The normalized spacial score (nSPS) is 23.2. The van der Waals surface area contributed by atoms with Crippen LogP contribution in [0.1, 0.15) is 6.42 Å². The number of nitrogens with one attached hydrogen (secondary N) is 1. The zero-order valence-electron chi connectivity index (χ0n) is 7.03. The number of nitrogen functional groups attached to an aromatic ring is 1. The van der Waals surface area contributed by atoms with Crippen molar-refractivity contribution in [2.45, 2.75) is 13.0 Å². The Balaban J connectivity index is 1.94. The van der Waals surface area contributed by atoms with Crippen molar-refractivity contribution in [3.05, 3.63) is 12.4 Å². The van der Waals surface area contributed by atoms with Crippen molar-refractivity contribution in [3.8, 4) is 0 Å². The number of anilines is 1. The van der Waals surface area contributed by atoms with Gasteiger partial charge >= 0.3 is 0 Å². The Morgan fingerprint density at radius 3 is 3.25 bits per heavy atom. The third-order valence-electron chi connectivity index (χ3n) is 2.26. The second-order valence-corrected chi connectivity index (χ2v) is 3.35. The number of nitrogens with zero attached hydrogens (tertiary/aromatic N) is 2. The molecule has 1 unspecified atom stereocenters. The standard InChI is InChI=1S/C8H14N4/c9-8-4-11-12(6-8)5-7-1-2-10-3-7/h4,6-7,10H,1-3,5,9H2. The van der Waals surface area contributed by atoms with Gasteiger partial charge in [-0.1, -0.05) is 0 Å². The Kier molecular flexibility index (Phi) is 1.99. The molecule has 1 aromatic rings. The van der Waals surface area contributed by atoms with Crippen molar-refractivity contribution in [2.75, 3.05) is 18.8 Å². The highest BCUT2D eigenvalue weighted by atomic mass is 15.3. The molecule has 0 saturated carbocycles. The Hall–Kier alpha value is -1.03. The first kappa shape index (κ1) is 7.61. The van der Waals surface area contributed by atoms with Gasteiger partial charge in [0, 0.05) is 12.7 Å². The summed E-state index contributed by atoms with van der Waals surface area (Å²) in [6.45, 7) is 3.24. The van der Waals surface area contributed by atoms with Gasteiger partial charge in [-0.2, -0.15) is 5.10 Å². The van der Waals surface area contributed by atoms with Crippen molar-refractivity contribution < 1.29 is 0 Å². The summed E-state index contributed by atoms with van der Waals surface area (Å²) in [5, 5.41) is 7.47. The lowest BCUT2D eigenvalue weighted by molar-refractivity contribution is 0.449. The largest absolute Gasteiger partial charge is 0.396 e. The minimum atomic E-state index is 0.726. The first-order chi connectivity index (χ1) is 5.84. The van der Waals surface area contributed by atoms with Crippen molar-refractivity contribution in [2.24, 2.45) is 5.92 Å². The predicted octanol–water partition coefficient (Wildman–Crippen LogP) is 0.0748. The summed E-state index contributed by atoms with van der Waals surface area (Å²) in [5.41, 5.74) is 6.30. The first-order valence-corrected chi connectivity index (χ1v) is 4.33. The average molecular weight is 166 g/mol. The monoisotopic (exact) mass is 166 g/mol. The summed E-state index contributed by atoms with van der Waals surface area (Å²) >= 11 is 0. The van der Waals surface area contributed by atoms with E-state index in [1.807, 2.05) is 10.9 Å². The van der Waals surface area contributed by atoms with Crippen LogP contribution in [0.5, 0.6) is 0 Å². The Morgan fingerprint density at radius 2 is 2.67 bits per heavy atom. The number of aromatic nitrogens is 2. The van der Waals surface area contributed by atoms with Crippen LogP contribution < -0.4 is 11.1 Å². The Labute approximate surface area is 71.7 Å². The molecule has 1 aromatic heterocycles. The maximum Gasteiger partial charge on any atom is 0.0719 e. The van der Waals surface area contributed by atoms with Gasteiger partial charge in [0.05, 0.1) is 11.9 Å². The predicted molar refractivity (Wildman–Crippen MR) is 47.6 cm³/mol. The molecule has 0 radical (unpaired) electrons. The van der Waals surface area contributed by atoms with Crippen LogP contribution >= 0.6 is 0 Å². The summed E-state index contributed by atoms with van der Waals surface area (Å²) < 4.78 is 1.92. The number of rotatable bonds is 2. The topological polar surface area (TPSA) is 55.9 Å². The van der Waals surface area contributed by atoms with E-state index in [9.17, 15) is 0 Å². The molecule has 1 atom stereocenters. The van der Waals surface area contributed by atoms with Crippen LogP contribution in [-0.4, -0.2) is 22.9 Å². The van der Waals surface area contributed by atoms with Gasteiger partial charge in [0.2, 0.25) is 0 Å². The van der Waals surface area contributed by atoms with Crippen molar-refractivity contribution >= 4 is 5.69 Å². The van der Waals surface area contributed by atoms with E-state index < -0.39 is 0 Å². The molecule has 1 aliphatic heterocycles. The average Bonchev–Trinajstić information content (AvgIpc) is 2.63. The molecule has 12 heavy (non-hydrogen) atoms. The van der Waals surface area contributed by atoms with Crippen LogP contribution in [0.25, 0.3) is 0 Å². The fourth-order valence-corrected chi connectivity index (χ4v) is 1.61. The smallest absolute Gasteiger partial charge is 0.0719 e. The molecule has 1 fully saturated rings. The molecule has 1 aliphatic rings. The van der Waals surface area contributed by atoms with Gasteiger partial charge in [-0.3, -0.25) is 4.68 Å². The second-order valence-electron chi connectivity index (χ2n) is 3.35. The van der Waals surface area contributed by atoms with Crippen LogP contribution in [0.2, 0.25) is 0 Å². The first-order valence-electron chi connectivity index (χ1n) is 4.33. The fourth-order valence-electron chi connectivity index (χ4n) is 1.61. The van der Waals surface area contributed by atoms with Crippen molar-refractivity contribution in [1.82, 2.24) is 15.1 Å². The van der Waals surface area contributed by atoms with E-state index in [0.29, 0.717) is 0 Å². The molecule has 1 saturated heterocycles. The van der Waals surface area contributed by atoms with Crippen LogP contribution in [0.3, 0.4) is 0 Å². The zero-order chi connectivity index (χ0) is 8.39. The SMILES string of the molecule is Nc1cnn(CC2CCNC2)c1. The van der Waals surface area contributed by atoms with Crippen LogP contribution in [-0.2, 0) is 6.54 Å². The summed E-state index contributed by atoms with van der Waals surface area (Å²) in [6.07, 6.45) is 4.83. The van der Waals surface area contributed by atoms with Gasteiger partial charge < -0.3 is 11.1 Å². The molecule has 3 N–H and O–H groups in total. The van der Waals surface area contributed by atoms with E-state index in [1.54, 1.807) is 6.20 Å². The lowest BCUT2D eigenvalue weighted by Crippen LogP contribution is -2.14. The fraction of sp³-hybridized carbons (Fsp3) is 0.625. The lowest BCUT2D eigenvalue weighted by atomic mass is 10.1. The maximum atomic E-state index is 5.55. The molecule has 4 heteroatoms. The summed E-state index contributed by atoms with van der Waals surface area (Å²) in [6, 6.07) is 0. The minimum absolute atomic E-state index is 0.726. The number of hydrogen-bond donors (Lipinski definition) is 2. The van der Waals surface area contributed by atoms with Gasteiger partial charge in [-0.25, -0.2) is 0 Å². The van der Waals surface area contributed by atoms with Crippen molar-refractivity contribution in [1.29, 1.82) is 0 Å². The molecule has 0 aliphatic carbocycles. The zero-order valence-corrected chi connectivity index (χ0v) is 7.03. The molecule has 0 spiro atoms. The molecule has 0 amide bonds. The van der Waals surface area contributed by atoms with E-state index in [1.165, 1.54) is 6.42 Å². The van der Waals surface area contributed by atoms with E-state index in [0.717, 1.165) is 31.2 Å². The number of nitrogens with two attached hydrogens (primary N) is 1. The van der Waals surface area contributed by atoms with Crippen LogP contribution in [0.15, 0.2) is 12.4 Å².